The number of aliphatic hydroxyl groups excluding tert-OH is 2. The van der Waals surface area contributed by atoms with Crippen LogP contribution in [0, 0.1) is 39.4 Å². The summed E-state index contributed by atoms with van der Waals surface area (Å²) in [7, 11) is 0. The minimum atomic E-state index is -1.42. The molecule has 4 rings (SSSR count). The third-order valence-corrected chi connectivity index (χ3v) is 11.2. The standard InChI is InChI=1S/C30H46O5/c1-17(15-19(31)25(34)27(4,5)35)24-18-9-10-22-28(6)13-12-23(33)26(2,3)21(28)11-14-29(22,7)30(18,8)16-20(24)32/h9-10,17,19,21-22,25,31,34-35H,11-16H2,1-8H3/t17-,19+,21+,22+,25-,28+,29+,30+/m1/s1. The predicted octanol–water partition coefficient (Wildman–Crippen LogP) is 4.78. The first-order chi connectivity index (χ1) is 15.9. The molecule has 0 unspecified atom stereocenters. The third-order valence-electron chi connectivity index (χ3n) is 11.2. The van der Waals surface area contributed by atoms with E-state index in [1.54, 1.807) is 0 Å². The Morgan fingerprint density at radius 3 is 2.31 bits per heavy atom. The number of carbonyl (C=O) groups excluding carboxylic acids is 2. The fraction of sp³-hybridized carbons (Fsp3) is 0.800. The monoisotopic (exact) mass is 486 g/mol. The second kappa shape index (κ2) is 8.10. The molecule has 2 fully saturated rings. The summed E-state index contributed by atoms with van der Waals surface area (Å²) >= 11 is 0. The summed E-state index contributed by atoms with van der Waals surface area (Å²) < 4.78 is 0. The lowest BCUT2D eigenvalue weighted by Gasteiger charge is -2.66. The van der Waals surface area contributed by atoms with Crippen molar-refractivity contribution in [1.82, 2.24) is 0 Å². The molecule has 0 radical (unpaired) electrons. The Morgan fingerprint density at radius 1 is 1.09 bits per heavy atom. The summed E-state index contributed by atoms with van der Waals surface area (Å²) in [6.07, 6.45) is 6.30. The molecule has 4 aliphatic carbocycles. The average Bonchev–Trinajstić information content (AvgIpc) is 3.00. The van der Waals surface area contributed by atoms with Crippen molar-refractivity contribution < 1.29 is 24.9 Å². The van der Waals surface area contributed by atoms with E-state index in [4.69, 9.17) is 0 Å². The molecule has 2 saturated carbocycles. The first-order valence-corrected chi connectivity index (χ1v) is 13.5. The molecular weight excluding hydrogens is 440 g/mol. The molecule has 0 aliphatic heterocycles. The van der Waals surface area contributed by atoms with Crippen LogP contribution in [0.1, 0.15) is 93.9 Å². The normalized spacial score (nSPS) is 41.2. The molecule has 0 aromatic heterocycles. The van der Waals surface area contributed by atoms with Gasteiger partial charge < -0.3 is 15.3 Å². The van der Waals surface area contributed by atoms with E-state index in [0.29, 0.717) is 30.5 Å². The van der Waals surface area contributed by atoms with E-state index in [2.05, 4.69) is 46.8 Å². The van der Waals surface area contributed by atoms with Crippen LogP contribution in [0.15, 0.2) is 23.3 Å². The summed E-state index contributed by atoms with van der Waals surface area (Å²) in [6, 6.07) is 0. The molecule has 196 valence electrons. The maximum Gasteiger partial charge on any atom is 0.160 e. The lowest BCUT2D eigenvalue weighted by atomic mass is 9.37. The van der Waals surface area contributed by atoms with Gasteiger partial charge in [0.15, 0.2) is 5.78 Å². The van der Waals surface area contributed by atoms with E-state index in [0.717, 1.165) is 30.4 Å². The van der Waals surface area contributed by atoms with Crippen LogP contribution in [-0.2, 0) is 9.59 Å². The molecule has 5 heteroatoms. The van der Waals surface area contributed by atoms with E-state index >= 15 is 0 Å². The Balaban J connectivity index is 1.72. The molecule has 0 aromatic carbocycles. The molecule has 0 spiro atoms. The zero-order valence-electron chi connectivity index (χ0n) is 22.9. The van der Waals surface area contributed by atoms with E-state index in [1.165, 1.54) is 13.8 Å². The van der Waals surface area contributed by atoms with Gasteiger partial charge in [-0.15, -0.1) is 0 Å². The van der Waals surface area contributed by atoms with Crippen molar-refractivity contribution in [3.8, 4) is 0 Å². The Hall–Kier alpha value is -1.30. The highest BCUT2D eigenvalue weighted by Gasteiger charge is 2.66. The topological polar surface area (TPSA) is 94.8 Å². The Morgan fingerprint density at radius 2 is 1.71 bits per heavy atom. The van der Waals surface area contributed by atoms with Gasteiger partial charge in [-0.25, -0.2) is 0 Å². The molecule has 5 nitrogen and oxygen atoms in total. The van der Waals surface area contributed by atoms with Crippen molar-refractivity contribution in [1.29, 1.82) is 0 Å². The molecule has 3 N–H and O–H groups in total. The van der Waals surface area contributed by atoms with Gasteiger partial charge >= 0.3 is 0 Å². The molecule has 0 aromatic rings. The van der Waals surface area contributed by atoms with Crippen molar-refractivity contribution >= 4 is 11.6 Å². The number of ketones is 2. The summed E-state index contributed by atoms with van der Waals surface area (Å²) in [5.41, 5.74) is -0.251. The molecule has 0 amide bonds. The van der Waals surface area contributed by atoms with Crippen LogP contribution in [-0.4, -0.2) is 44.7 Å². The molecule has 0 heterocycles. The number of allylic oxidation sites excluding steroid dienone is 4. The van der Waals surface area contributed by atoms with E-state index in [-0.39, 0.29) is 39.8 Å². The third kappa shape index (κ3) is 3.67. The second-order valence-corrected chi connectivity index (χ2v) is 14.1. The minimum absolute atomic E-state index is 0.0138. The number of aliphatic hydroxyl groups is 3. The molecule has 8 atom stereocenters. The number of rotatable bonds is 5. The van der Waals surface area contributed by atoms with Crippen LogP contribution in [0.2, 0.25) is 0 Å². The second-order valence-electron chi connectivity index (χ2n) is 14.1. The largest absolute Gasteiger partial charge is 0.390 e. The molecule has 0 bridgehead atoms. The number of carbonyl (C=O) groups is 2. The lowest BCUT2D eigenvalue weighted by molar-refractivity contribution is -0.165. The number of fused-ring (bicyclic) bond motifs is 5. The van der Waals surface area contributed by atoms with E-state index in [9.17, 15) is 24.9 Å². The smallest absolute Gasteiger partial charge is 0.160 e. The SMILES string of the molecule is C[C@H](C[C@H](O)[C@@H](O)C(C)(C)O)C1=C2C=C[C@H]3[C@@]4(C)CCC(=O)C(C)(C)[C@@H]4CC[C@]3(C)[C@@]2(C)CC1=O. The first-order valence-electron chi connectivity index (χ1n) is 13.5. The van der Waals surface area contributed by atoms with Crippen molar-refractivity contribution in [3.05, 3.63) is 23.3 Å². The van der Waals surface area contributed by atoms with Gasteiger partial charge in [0.05, 0.1) is 11.7 Å². The van der Waals surface area contributed by atoms with Crippen LogP contribution in [0.25, 0.3) is 0 Å². The van der Waals surface area contributed by atoms with Crippen molar-refractivity contribution in [2.75, 3.05) is 0 Å². The minimum Gasteiger partial charge on any atom is -0.390 e. The van der Waals surface area contributed by atoms with Crippen molar-refractivity contribution in [2.24, 2.45) is 39.4 Å². The van der Waals surface area contributed by atoms with E-state index < -0.39 is 17.8 Å². The molecule has 4 aliphatic rings. The summed E-state index contributed by atoms with van der Waals surface area (Å²) in [5, 5.41) is 31.1. The van der Waals surface area contributed by atoms with Crippen molar-refractivity contribution in [2.45, 2.75) is 112 Å². The lowest BCUT2D eigenvalue weighted by Crippen LogP contribution is -2.61. The van der Waals surface area contributed by atoms with Gasteiger partial charge in [-0.1, -0.05) is 53.7 Å². The average molecular weight is 487 g/mol. The van der Waals surface area contributed by atoms with Gasteiger partial charge in [0.2, 0.25) is 0 Å². The van der Waals surface area contributed by atoms with Crippen LogP contribution < -0.4 is 0 Å². The Labute approximate surface area is 211 Å². The predicted molar refractivity (Wildman–Crippen MR) is 136 cm³/mol. The Kier molecular flexibility index (Phi) is 6.19. The van der Waals surface area contributed by atoms with Crippen LogP contribution in [0.5, 0.6) is 0 Å². The zero-order chi connectivity index (χ0) is 26.4. The zero-order valence-corrected chi connectivity index (χ0v) is 22.9. The highest BCUT2D eigenvalue weighted by molar-refractivity contribution is 6.01. The highest BCUT2D eigenvalue weighted by Crippen LogP contribution is 2.72. The molecule has 35 heavy (non-hydrogen) atoms. The Bertz CT molecular complexity index is 983. The number of Topliss-reactive ketones (excluding diaryl/α,β-unsaturated/α-hetero) is 2. The van der Waals surface area contributed by atoms with Gasteiger partial charge in [0.25, 0.3) is 0 Å². The quantitative estimate of drug-likeness (QED) is 0.520. The van der Waals surface area contributed by atoms with Crippen LogP contribution in [0.4, 0.5) is 0 Å². The van der Waals surface area contributed by atoms with Crippen molar-refractivity contribution in [3.63, 3.8) is 0 Å². The highest BCUT2D eigenvalue weighted by atomic mass is 16.4. The summed E-state index contributed by atoms with van der Waals surface area (Å²) in [4.78, 5) is 26.4. The number of hydrogen-bond donors (Lipinski definition) is 3. The van der Waals surface area contributed by atoms with Crippen LogP contribution in [0.3, 0.4) is 0 Å². The van der Waals surface area contributed by atoms with Gasteiger partial charge in [-0.2, -0.15) is 0 Å². The summed E-state index contributed by atoms with van der Waals surface area (Å²) in [5.74, 6) is 0.920. The number of hydrogen-bond acceptors (Lipinski definition) is 5. The first kappa shape index (κ1) is 26.8. The maximum atomic E-state index is 13.5. The fourth-order valence-electron chi connectivity index (χ4n) is 8.89. The summed E-state index contributed by atoms with van der Waals surface area (Å²) in [6.45, 7) is 16.2. The molecular formula is C30H46O5. The van der Waals surface area contributed by atoms with E-state index in [1.807, 2.05) is 6.92 Å². The van der Waals surface area contributed by atoms with Crippen LogP contribution >= 0.6 is 0 Å². The van der Waals surface area contributed by atoms with Gasteiger partial charge in [0, 0.05) is 29.2 Å². The van der Waals surface area contributed by atoms with Gasteiger partial charge in [-0.05, 0) is 73.7 Å². The molecule has 0 saturated heterocycles. The maximum absolute atomic E-state index is 13.5. The van der Waals surface area contributed by atoms with Gasteiger partial charge in [0.1, 0.15) is 11.9 Å². The fourth-order valence-corrected chi connectivity index (χ4v) is 8.89. The van der Waals surface area contributed by atoms with Gasteiger partial charge in [-0.3, -0.25) is 9.59 Å².